The number of hydrogen-bond acceptors (Lipinski definition) is 7. The lowest BCUT2D eigenvalue weighted by Gasteiger charge is -2.25. The van der Waals surface area contributed by atoms with Gasteiger partial charge < -0.3 is 4.74 Å². The summed E-state index contributed by atoms with van der Waals surface area (Å²) in [6.07, 6.45) is 1.19. The number of nitrogens with zero attached hydrogens (tertiary/aromatic N) is 2. The Balaban J connectivity index is 1.71. The van der Waals surface area contributed by atoms with Gasteiger partial charge in [0.2, 0.25) is 10.0 Å². The molecule has 0 radical (unpaired) electrons. The Bertz CT molecular complexity index is 1050. The number of hydrogen-bond donors (Lipinski definition) is 2. The summed E-state index contributed by atoms with van der Waals surface area (Å²) in [5.74, 6) is 0.176. The fraction of sp³-hybridized carbons (Fsp3) is 0.353. The van der Waals surface area contributed by atoms with E-state index < -0.39 is 20.0 Å². The Morgan fingerprint density at radius 2 is 1.75 bits per heavy atom. The van der Waals surface area contributed by atoms with Gasteiger partial charge in [-0.15, -0.1) is 4.83 Å². The molecule has 28 heavy (non-hydrogen) atoms. The maximum absolute atomic E-state index is 12.6. The van der Waals surface area contributed by atoms with Gasteiger partial charge in [-0.3, -0.25) is 5.43 Å². The van der Waals surface area contributed by atoms with Crippen molar-refractivity contribution >= 4 is 25.9 Å². The van der Waals surface area contributed by atoms with E-state index in [0.717, 1.165) is 5.56 Å². The third-order valence-electron chi connectivity index (χ3n) is 4.29. The van der Waals surface area contributed by atoms with Crippen molar-refractivity contribution in [2.24, 2.45) is 0 Å². The van der Waals surface area contributed by atoms with Crippen LogP contribution in [0.25, 0.3) is 0 Å². The molecule has 0 amide bonds. The van der Waals surface area contributed by atoms with Crippen LogP contribution in [-0.2, 0) is 24.8 Å². The van der Waals surface area contributed by atoms with Crippen LogP contribution in [0.2, 0.25) is 0 Å². The fourth-order valence-electron chi connectivity index (χ4n) is 2.71. The van der Waals surface area contributed by atoms with Crippen LogP contribution >= 0.6 is 0 Å². The van der Waals surface area contributed by atoms with E-state index in [1.807, 2.05) is 6.07 Å². The molecule has 2 aromatic rings. The molecule has 1 aliphatic rings. The zero-order valence-electron chi connectivity index (χ0n) is 15.5. The van der Waals surface area contributed by atoms with E-state index >= 15 is 0 Å². The quantitative estimate of drug-likeness (QED) is 0.662. The summed E-state index contributed by atoms with van der Waals surface area (Å²) in [5, 5.41) is 0. The Morgan fingerprint density at radius 1 is 1.04 bits per heavy atom. The van der Waals surface area contributed by atoms with Crippen LogP contribution in [0.4, 0.5) is 5.82 Å². The molecule has 9 nitrogen and oxygen atoms in total. The Kier molecular flexibility index (Phi) is 6.01. The van der Waals surface area contributed by atoms with E-state index in [4.69, 9.17) is 4.74 Å². The molecular weight excluding hydrogens is 404 g/mol. The van der Waals surface area contributed by atoms with Gasteiger partial charge in [-0.1, -0.05) is 12.1 Å². The molecular formula is C17H22N4O5S2. The van der Waals surface area contributed by atoms with Gasteiger partial charge in [0.1, 0.15) is 10.7 Å². The molecule has 3 rings (SSSR count). The van der Waals surface area contributed by atoms with Crippen molar-refractivity contribution in [2.45, 2.75) is 23.6 Å². The van der Waals surface area contributed by atoms with Crippen molar-refractivity contribution in [2.75, 3.05) is 31.7 Å². The van der Waals surface area contributed by atoms with Gasteiger partial charge in [0.25, 0.3) is 10.0 Å². The van der Waals surface area contributed by atoms with E-state index in [-0.39, 0.29) is 28.7 Å². The second-order valence-corrected chi connectivity index (χ2v) is 9.98. The van der Waals surface area contributed by atoms with Crippen LogP contribution in [-0.4, -0.2) is 52.4 Å². The molecule has 0 saturated carbocycles. The summed E-state index contributed by atoms with van der Waals surface area (Å²) in [6.45, 7) is 4.80. The SMILES string of the molecule is Cc1ccc(C)c(S(=O)(=O)NNc2ccc(S(=O)(=O)N3CCOCC3)cn2)c1. The van der Waals surface area contributed by atoms with Crippen LogP contribution < -0.4 is 10.3 Å². The normalized spacial score (nSPS) is 16.1. The van der Waals surface area contributed by atoms with Gasteiger partial charge in [0.05, 0.1) is 18.1 Å². The van der Waals surface area contributed by atoms with Gasteiger partial charge in [0.15, 0.2) is 0 Å². The molecule has 0 aliphatic carbocycles. The molecule has 0 bridgehead atoms. The van der Waals surface area contributed by atoms with Crippen molar-refractivity contribution in [3.05, 3.63) is 47.7 Å². The molecule has 1 aliphatic heterocycles. The molecule has 2 N–H and O–H groups in total. The number of sulfonamides is 2. The van der Waals surface area contributed by atoms with E-state index in [1.165, 1.54) is 22.6 Å². The lowest BCUT2D eigenvalue weighted by Crippen LogP contribution is -2.40. The van der Waals surface area contributed by atoms with Crippen molar-refractivity contribution in [1.29, 1.82) is 0 Å². The highest BCUT2D eigenvalue weighted by Crippen LogP contribution is 2.19. The minimum absolute atomic E-state index is 0.0392. The van der Waals surface area contributed by atoms with E-state index in [2.05, 4.69) is 15.2 Å². The van der Waals surface area contributed by atoms with Crippen LogP contribution in [0.1, 0.15) is 11.1 Å². The summed E-state index contributed by atoms with van der Waals surface area (Å²) in [4.78, 5) is 6.46. The molecule has 0 spiro atoms. The number of benzene rings is 1. The number of nitrogens with one attached hydrogen (secondary N) is 2. The molecule has 1 aromatic heterocycles. The predicted octanol–water partition coefficient (Wildman–Crippen LogP) is 1.02. The third-order valence-corrected chi connectivity index (χ3v) is 7.56. The Morgan fingerprint density at radius 3 is 2.39 bits per heavy atom. The smallest absolute Gasteiger partial charge is 0.257 e. The van der Waals surface area contributed by atoms with Crippen molar-refractivity contribution in [1.82, 2.24) is 14.1 Å². The van der Waals surface area contributed by atoms with Crippen LogP contribution in [0.3, 0.4) is 0 Å². The highest BCUT2D eigenvalue weighted by atomic mass is 32.2. The summed E-state index contributed by atoms with van der Waals surface area (Å²) >= 11 is 0. The number of ether oxygens (including phenoxy) is 1. The highest BCUT2D eigenvalue weighted by molar-refractivity contribution is 7.89. The summed E-state index contributed by atoms with van der Waals surface area (Å²) in [6, 6.07) is 7.92. The van der Waals surface area contributed by atoms with Crippen molar-refractivity contribution in [3.63, 3.8) is 0 Å². The molecule has 2 heterocycles. The largest absolute Gasteiger partial charge is 0.379 e. The van der Waals surface area contributed by atoms with Crippen LogP contribution in [0.15, 0.2) is 46.3 Å². The maximum Gasteiger partial charge on any atom is 0.257 e. The first-order chi connectivity index (χ1) is 13.2. The van der Waals surface area contributed by atoms with Gasteiger partial charge in [-0.25, -0.2) is 21.8 Å². The van der Waals surface area contributed by atoms with Crippen molar-refractivity contribution in [3.8, 4) is 0 Å². The Labute approximate surface area is 164 Å². The number of hydrazine groups is 1. The summed E-state index contributed by atoms with van der Waals surface area (Å²) in [5.41, 5.74) is 3.94. The molecule has 1 saturated heterocycles. The number of pyridine rings is 1. The number of aromatic nitrogens is 1. The van der Waals surface area contributed by atoms with Gasteiger partial charge in [-0.05, 0) is 43.2 Å². The zero-order valence-corrected chi connectivity index (χ0v) is 17.2. The van der Waals surface area contributed by atoms with Gasteiger partial charge in [-0.2, -0.15) is 4.31 Å². The summed E-state index contributed by atoms with van der Waals surface area (Å²) < 4.78 is 56.6. The average molecular weight is 427 g/mol. The minimum atomic E-state index is -3.81. The standard InChI is InChI=1S/C17H22N4O5S2/c1-13-3-4-14(2)16(11-13)27(22,23)20-19-17-6-5-15(12-18-17)28(24,25)21-7-9-26-10-8-21/h3-6,11-12,20H,7-10H2,1-2H3,(H,18,19). The number of aryl methyl sites for hydroxylation is 2. The molecule has 1 aromatic carbocycles. The number of morpholine rings is 1. The molecule has 0 unspecified atom stereocenters. The van der Waals surface area contributed by atoms with Crippen LogP contribution in [0, 0.1) is 13.8 Å². The average Bonchev–Trinajstić information content (AvgIpc) is 2.69. The lowest BCUT2D eigenvalue weighted by molar-refractivity contribution is 0.0730. The fourth-order valence-corrected chi connectivity index (χ4v) is 5.25. The predicted molar refractivity (Wildman–Crippen MR) is 104 cm³/mol. The molecule has 152 valence electrons. The second kappa shape index (κ2) is 8.13. The van der Waals surface area contributed by atoms with E-state index in [9.17, 15) is 16.8 Å². The zero-order chi connectivity index (χ0) is 20.4. The third kappa shape index (κ3) is 4.50. The van der Waals surface area contributed by atoms with Gasteiger partial charge >= 0.3 is 0 Å². The first-order valence-electron chi connectivity index (χ1n) is 8.59. The first-order valence-corrected chi connectivity index (χ1v) is 11.5. The maximum atomic E-state index is 12.6. The topological polar surface area (TPSA) is 118 Å². The second-order valence-electron chi connectivity index (χ2n) is 6.40. The number of anilines is 1. The first kappa shape index (κ1) is 20.7. The van der Waals surface area contributed by atoms with Crippen LogP contribution in [0.5, 0.6) is 0 Å². The number of rotatable bonds is 6. The lowest BCUT2D eigenvalue weighted by atomic mass is 10.2. The molecule has 0 atom stereocenters. The van der Waals surface area contributed by atoms with E-state index in [0.29, 0.717) is 18.8 Å². The monoisotopic (exact) mass is 426 g/mol. The molecule has 11 heteroatoms. The van der Waals surface area contributed by atoms with Gasteiger partial charge in [0, 0.05) is 19.3 Å². The highest BCUT2D eigenvalue weighted by Gasteiger charge is 2.26. The summed E-state index contributed by atoms with van der Waals surface area (Å²) in [7, 11) is -7.46. The molecule has 1 fully saturated rings. The minimum Gasteiger partial charge on any atom is -0.379 e. The Hall–Kier alpha value is -2.05. The van der Waals surface area contributed by atoms with E-state index in [1.54, 1.807) is 26.0 Å². The van der Waals surface area contributed by atoms with Crippen molar-refractivity contribution < 1.29 is 21.6 Å².